The Morgan fingerprint density at radius 3 is 2.15 bits per heavy atom. The Balaban J connectivity index is 2.74. The number of hydrogen-bond donors (Lipinski definition) is 0. The van der Waals surface area contributed by atoms with Gasteiger partial charge in [-0.3, -0.25) is 0 Å². The first-order valence-electron chi connectivity index (χ1n) is 9.88. The third-order valence-corrected chi connectivity index (χ3v) is 4.57. The van der Waals surface area contributed by atoms with Crippen molar-refractivity contribution in [1.29, 1.82) is 0 Å². The zero-order chi connectivity index (χ0) is 20.2. The maximum Gasteiger partial charge on any atom is 0.341 e. The molecular formula is C21H31F3O3. The summed E-state index contributed by atoms with van der Waals surface area (Å²) in [7, 11) is 1.01. The molecule has 0 spiro atoms. The molecule has 0 aliphatic heterocycles. The van der Waals surface area contributed by atoms with Crippen LogP contribution in [0.1, 0.15) is 88.4 Å². The molecule has 1 unspecified atom stereocenters. The average molecular weight is 388 g/mol. The third kappa shape index (κ3) is 7.43. The molecule has 6 heteroatoms. The minimum absolute atomic E-state index is 0.359. The van der Waals surface area contributed by atoms with E-state index in [1.54, 1.807) is 0 Å². The van der Waals surface area contributed by atoms with Crippen molar-refractivity contribution in [2.45, 2.75) is 84.2 Å². The maximum absolute atomic E-state index is 14.3. The van der Waals surface area contributed by atoms with E-state index in [0.29, 0.717) is 18.9 Å². The Hall–Kier alpha value is -1.72. The van der Waals surface area contributed by atoms with Gasteiger partial charge in [0.2, 0.25) is 5.82 Å². The van der Waals surface area contributed by atoms with E-state index in [1.807, 2.05) is 6.92 Å². The number of halogens is 3. The normalized spacial score (nSPS) is 12.1. The standard InChI is InChI=1S/C21H31F3O3/c1-4-6-8-9-10-11-13-15(12-7-5-2)27-21(25)16-14-17(22)19(24)20(26-3)18(16)23/h14-15H,4-13H2,1-3H3. The Labute approximate surface area is 160 Å². The quantitative estimate of drug-likeness (QED) is 0.217. The second-order valence-corrected chi connectivity index (χ2v) is 6.79. The molecule has 27 heavy (non-hydrogen) atoms. The zero-order valence-corrected chi connectivity index (χ0v) is 16.6. The van der Waals surface area contributed by atoms with Crippen molar-refractivity contribution in [3.05, 3.63) is 29.1 Å². The molecule has 0 aromatic heterocycles. The lowest BCUT2D eigenvalue weighted by molar-refractivity contribution is 0.0243. The van der Waals surface area contributed by atoms with Gasteiger partial charge in [0.1, 0.15) is 11.7 Å². The molecule has 0 bridgehead atoms. The minimum atomic E-state index is -1.46. The molecular weight excluding hydrogens is 357 g/mol. The Morgan fingerprint density at radius 1 is 0.926 bits per heavy atom. The first-order chi connectivity index (χ1) is 13.0. The van der Waals surface area contributed by atoms with Gasteiger partial charge in [-0.05, 0) is 25.3 Å². The highest BCUT2D eigenvalue weighted by atomic mass is 19.2. The van der Waals surface area contributed by atoms with Crippen LogP contribution >= 0.6 is 0 Å². The molecule has 154 valence electrons. The van der Waals surface area contributed by atoms with Crippen LogP contribution in [0.2, 0.25) is 0 Å². The fourth-order valence-corrected chi connectivity index (χ4v) is 2.97. The summed E-state index contributed by atoms with van der Waals surface area (Å²) in [5, 5.41) is 0. The summed E-state index contributed by atoms with van der Waals surface area (Å²) in [4.78, 5) is 12.3. The van der Waals surface area contributed by atoms with Gasteiger partial charge in [-0.2, -0.15) is 4.39 Å². The second-order valence-electron chi connectivity index (χ2n) is 6.79. The van der Waals surface area contributed by atoms with Crippen LogP contribution in [0.25, 0.3) is 0 Å². The Bertz CT molecular complexity index is 591. The number of methoxy groups -OCH3 is 1. The lowest BCUT2D eigenvalue weighted by atomic mass is 10.0. The van der Waals surface area contributed by atoms with Gasteiger partial charge in [0.05, 0.1) is 7.11 Å². The maximum atomic E-state index is 14.3. The summed E-state index contributed by atoms with van der Waals surface area (Å²) in [6.45, 7) is 4.19. The van der Waals surface area contributed by atoms with Crippen molar-refractivity contribution >= 4 is 5.97 Å². The number of benzene rings is 1. The van der Waals surface area contributed by atoms with E-state index in [-0.39, 0.29) is 6.10 Å². The fourth-order valence-electron chi connectivity index (χ4n) is 2.97. The summed E-state index contributed by atoms with van der Waals surface area (Å²) in [6, 6.07) is 0.525. The van der Waals surface area contributed by atoms with Crippen molar-refractivity contribution in [3.63, 3.8) is 0 Å². The molecule has 0 saturated carbocycles. The van der Waals surface area contributed by atoms with Crippen molar-refractivity contribution in [2.24, 2.45) is 0 Å². The van der Waals surface area contributed by atoms with E-state index in [0.717, 1.165) is 39.2 Å². The molecule has 0 N–H and O–H groups in total. The molecule has 1 aromatic rings. The Morgan fingerprint density at radius 2 is 1.52 bits per heavy atom. The van der Waals surface area contributed by atoms with Gasteiger partial charge in [-0.1, -0.05) is 58.8 Å². The topological polar surface area (TPSA) is 35.5 Å². The summed E-state index contributed by atoms with van der Waals surface area (Å²) in [5.74, 6) is -5.95. The number of esters is 1. The van der Waals surface area contributed by atoms with Crippen LogP contribution in [0.3, 0.4) is 0 Å². The van der Waals surface area contributed by atoms with Crippen molar-refractivity contribution < 1.29 is 27.4 Å². The van der Waals surface area contributed by atoms with Crippen molar-refractivity contribution in [2.75, 3.05) is 7.11 Å². The van der Waals surface area contributed by atoms with Crippen molar-refractivity contribution in [3.8, 4) is 5.75 Å². The number of rotatable bonds is 13. The van der Waals surface area contributed by atoms with E-state index in [4.69, 9.17) is 4.74 Å². The summed E-state index contributed by atoms with van der Waals surface area (Å²) in [6.07, 6.45) is 9.48. The highest BCUT2D eigenvalue weighted by molar-refractivity contribution is 5.90. The van der Waals surface area contributed by atoms with Gasteiger partial charge in [0.25, 0.3) is 0 Å². The summed E-state index contributed by atoms with van der Waals surface area (Å²) >= 11 is 0. The van der Waals surface area contributed by atoms with Gasteiger partial charge < -0.3 is 9.47 Å². The smallest absolute Gasteiger partial charge is 0.341 e. The first-order valence-corrected chi connectivity index (χ1v) is 9.88. The van der Waals surface area contributed by atoms with Gasteiger partial charge in [0, 0.05) is 0 Å². The highest BCUT2D eigenvalue weighted by Gasteiger charge is 2.26. The highest BCUT2D eigenvalue weighted by Crippen LogP contribution is 2.28. The number of hydrogen-bond acceptors (Lipinski definition) is 3. The number of carbonyl (C=O) groups excluding carboxylic acids is 1. The molecule has 0 saturated heterocycles. The molecule has 0 fully saturated rings. The number of unbranched alkanes of at least 4 members (excludes halogenated alkanes) is 6. The van der Waals surface area contributed by atoms with Gasteiger partial charge in [-0.15, -0.1) is 0 Å². The van der Waals surface area contributed by atoms with E-state index in [2.05, 4.69) is 11.7 Å². The van der Waals surface area contributed by atoms with Crippen LogP contribution in [0.5, 0.6) is 5.75 Å². The molecule has 0 aliphatic rings. The Kier molecular flexibility index (Phi) is 10.9. The van der Waals surface area contributed by atoms with Crippen LogP contribution in [-0.2, 0) is 4.74 Å². The molecule has 1 aromatic carbocycles. The zero-order valence-electron chi connectivity index (χ0n) is 16.6. The molecule has 1 rings (SSSR count). The van der Waals surface area contributed by atoms with Gasteiger partial charge in [0.15, 0.2) is 17.4 Å². The van der Waals surface area contributed by atoms with E-state index in [1.165, 1.54) is 19.3 Å². The van der Waals surface area contributed by atoms with Crippen LogP contribution in [0.15, 0.2) is 6.07 Å². The van der Waals surface area contributed by atoms with Crippen LogP contribution in [0.4, 0.5) is 13.2 Å². The molecule has 0 amide bonds. The van der Waals surface area contributed by atoms with Crippen molar-refractivity contribution in [1.82, 2.24) is 0 Å². The summed E-state index contributed by atoms with van der Waals surface area (Å²) < 4.78 is 51.4. The van der Waals surface area contributed by atoms with Gasteiger partial charge in [-0.25, -0.2) is 13.6 Å². The third-order valence-electron chi connectivity index (χ3n) is 4.57. The second kappa shape index (κ2) is 12.6. The van der Waals surface area contributed by atoms with Crippen LogP contribution in [0, 0.1) is 17.5 Å². The summed E-state index contributed by atoms with van der Waals surface area (Å²) in [5.41, 5.74) is -0.643. The van der Waals surface area contributed by atoms with E-state index in [9.17, 15) is 18.0 Å². The molecule has 0 heterocycles. The average Bonchev–Trinajstić information content (AvgIpc) is 2.65. The fraction of sp³-hybridized carbons (Fsp3) is 0.667. The first kappa shape index (κ1) is 23.3. The van der Waals surface area contributed by atoms with E-state index >= 15 is 0 Å². The van der Waals surface area contributed by atoms with Crippen LogP contribution in [-0.4, -0.2) is 19.2 Å². The lowest BCUT2D eigenvalue weighted by Gasteiger charge is -2.18. The van der Waals surface area contributed by atoms with Crippen LogP contribution < -0.4 is 4.74 Å². The lowest BCUT2D eigenvalue weighted by Crippen LogP contribution is -2.20. The number of carbonyl (C=O) groups is 1. The van der Waals surface area contributed by atoms with Gasteiger partial charge >= 0.3 is 5.97 Å². The number of ether oxygens (including phenoxy) is 2. The minimum Gasteiger partial charge on any atom is -0.491 e. The molecule has 0 radical (unpaired) electrons. The van der Waals surface area contributed by atoms with E-state index < -0.39 is 34.7 Å². The molecule has 1 atom stereocenters. The predicted molar refractivity (Wildman–Crippen MR) is 99.6 cm³/mol. The monoisotopic (exact) mass is 388 g/mol. The SMILES string of the molecule is CCCCCCCCC(CCCC)OC(=O)c1cc(F)c(F)c(OC)c1F. The largest absolute Gasteiger partial charge is 0.491 e. The molecule has 0 aliphatic carbocycles. The predicted octanol–water partition coefficient (Wildman–Crippen LogP) is 6.58. The molecule has 3 nitrogen and oxygen atoms in total.